The standard InChI is InChI=1S/C10H6BrNS.C2H6/c11-8-1-2-10-9(5-8)7(3-4-12)6-13-10;1-2/h1-2,5-6H,3H2;1-2H3. The van der Waals surface area contributed by atoms with Gasteiger partial charge in [0, 0.05) is 9.17 Å². The normalized spacial score (nSPS) is 9.20. The lowest BCUT2D eigenvalue weighted by Crippen LogP contribution is -1.76. The van der Waals surface area contributed by atoms with Crippen molar-refractivity contribution in [3.05, 3.63) is 33.6 Å². The summed E-state index contributed by atoms with van der Waals surface area (Å²) in [6.45, 7) is 4.00. The molecule has 0 radical (unpaired) electrons. The average Bonchev–Trinajstić information content (AvgIpc) is 2.65. The van der Waals surface area contributed by atoms with Crippen molar-refractivity contribution in [3.8, 4) is 6.07 Å². The third-order valence-electron chi connectivity index (χ3n) is 1.89. The Morgan fingerprint density at radius 3 is 2.80 bits per heavy atom. The molecule has 0 amide bonds. The molecule has 0 spiro atoms. The van der Waals surface area contributed by atoms with Crippen molar-refractivity contribution in [1.29, 1.82) is 5.26 Å². The first-order valence-corrected chi connectivity index (χ1v) is 6.51. The van der Waals surface area contributed by atoms with Crippen molar-refractivity contribution in [3.63, 3.8) is 0 Å². The zero-order valence-electron chi connectivity index (χ0n) is 8.75. The molecule has 0 fully saturated rings. The topological polar surface area (TPSA) is 23.8 Å². The SMILES string of the molecule is CC.N#CCc1csc2ccc(Br)cc12. The Morgan fingerprint density at radius 2 is 2.13 bits per heavy atom. The summed E-state index contributed by atoms with van der Waals surface area (Å²) in [5, 5.41) is 11.9. The van der Waals surface area contributed by atoms with Crippen LogP contribution in [-0.2, 0) is 6.42 Å². The highest BCUT2D eigenvalue weighted by Crippen LogP contribution is 2.28. The molecule has 0 saturated heterocycles. The lowest BCUT2D eigenvalue weighted by Gasteiger charge is -1.93. The number of halogens is 1. The van der Waals surface area contributed by atoms with E-state index in [1.807, 2.05) is 19.9 Å². The maximum absolute atomic E-state index is 8.61. The van der Waals surface area contributed by atoms with Crippen molar-refractivity contribution < 1.29 is 0 Å². The molecule has 0 saturated carbocycles. The number of thiophene rings is 1. The minimum Gasteiger partial charge on any atom is -0.198 e. The van der Waals surface area contributed by atoms with Crippen LogP contribution in [0.1, 0.15) is 19.4 Å². The van der Waals surface area contributed by atoms with Crippen LogP contribution < -0.4 is 0 Å². The molecule has 1 aromatic heterocycles. The Morgan fingerprint density at radius 1 is 1.40 bits per heavy atom. The molecule has 0 atom stereocenters. The smallest absolute Gasteiger partial charge is 0.0670 e. The zero-order valence-corrected chi connectivity index (χ0v) is 11.2. The minimum absolute atomic E-state index is 0.496. The van der Waals surface area contributed by atoms with Crippen molar-refractivity contribution in [2.45, 2.75) is 20.3 Å². The van der Waals surface area contributed by atoms with Crippen LogP contribution in [0, 0.1) is 11.3 Å². The van der Waals surface area contributed by atoms with E-state index in [0.29, 0.717) is 6.42 Å². The Kier molecular flexibility index (Phi) is 4.80. The van der Waals surface area contributed by atoms with Gasteiger partial charge in [-0.05, 0) is 34.5 Å². The van der Waals surface area contributed by atoms with Crippen molar-refractivity contribution in [2.75, 3.05) is 0 Å². The van der Waals surface area contributed by atoms with Gasteiger partial charge in [0.1, 0.15) is 0 Å². The molecule has 3 heteroatoms. The summed E-state index contributed by atoms with van der Waals surface area (Å²) in [6.07, 6.45) is 0.496. The Hall–Kier alpha value is -0.850. The maximum atomic E-state index is 8.61. The van der Waals surface area contributed by atoms with Crippen LogP contribution in [0.2, 0.25) is 0 Å². The third kappa shape index (κ3) is 2.80. The van der Waals surface area contributed by atoms with E-state index in [4.69, 9.17) is 5.26 Å². The first-order chi connectivity index (χ1) is 7.31. The predicted octanol–water partition coefficient (Wildman–Crippen LogP) is 4.76. The van der Waals surface area contributed by atoms with Gasteiger partial charge in [0.2, 0.25) is 0 Å². The highest BCUT2D eigenvalue weighted by molar-refractivity contribution is 9.10. The largest absolute Gasteiger partial charge is 0.198 e. The van der Waals surface area contributed by atoms with Gasteiger partial charge in [0.25, 0.3) is 0 Å². The number of nitriles is 1. The van der Waals surface area contributed by atoms with Gasteiger partial charge in [-0.2, -0.15) is 5.26 Å². The van der Waals surface area contributed by atoms with Gasteiger partial charge in [-0.15, -0.1) is 11.3 Å². The fourth-order valence-electron chi connectivity index (χ4n) is 1.28. The van der Waals surface area contributed by atoms with E-state index in [0.717, 1.165) is 10.0 Å². The van der Waals surface area contributed by atoms with Gasteiger partial charge in [-0.25, -0.2) is 0 Å². The second-order valence-corrected chi connectivity index (χ2v) is 4.56. The van der Waals surface area contributed by atoms with E-state index < -0.39 is 0 Å². The van der Waals surface area contributed by atoms with E-state index in [1.165, 1.54) is 10.1 Å². The predicted molar refractivity (Wildman–Crippen MR) is 70.2 cm³/mol. The van der Waals surface area contributed by atoms with Gasteiger partial charge >= 0.3 is 0 Å². The summed E-state index contributed by atoms with van der Waals surface area (Å²) in [5.74, 6) is 0. The van der Waals surface area contributed by atoms with Gasteiger partial charge in [-0.3, -0.25) is 0 Å². The number of fused-ring (bicyclic) bond motifs is 1. The fraction of sp³-hybridized carbons (Fsp3) is 0.250. The number of rotatable bonds is 1. The second-order valence-electron chi connectivity index (χ2n) is 2.74. The summed E-state index contributed by atoms with van der Waals surface area (Å²) in [5.41, 5.74) is 1.13. The molecule has 1 aromatic carbocycles. The van der Waals surface area contributed by atoms with Crippen molar-refractivity contribution >= 4 is 37.4 Å². The van der Waals surface area contributed by atoms with Gasteiger partial charge in [0.05, 0.1) is 12.5 Å². The molecule has 1 nitrogen and oxygen atoms in total. The fourth-order valence-corrected chi connectivity index (χ4v) is 2.58. The number of hydrogen-bond donors (Lipinski definition) is 0. The number of hydrogen-bond acceptors (Lipinski definition) is 2. The van der Waals surface area contributed by atoms with Gasteiger partial charge in [-0.1, -0.05) is 29.8 Å². The highest BCUT2D eigenvalue weighted by atomic mass is 79.9. The summed E-state index contributed by atoms with van der Waals surface area (Å²) < 4.78 is 2.31. The molecule has 0 aliphatic carbocycles. The van der Waals surface area contributed by atoms with E-state index >= 15 is 0 Å². The van der Waals surface area contributed by atoms with Crippen LogP contribution in [0.4, 0.5) is 0 Å². The van der Waals surface area contributed by atoms with Crippen LogP contribution in [0.5, 0.6) is 0 Å². The Balaban J connectivity index is 0.000000531. The molecular formula is C12H12BrNS. The molecular weight excluding hydrogens is 270 g/mol. The van der Waals surface area contributed by atoms with Crippen LogP contribution >= 0.6 is 27.3 Å². The monoisotopic (exact) mass is 281 g/mol. The maximum Gasteiger partial charge on any atom is 0.0670 e. The molecule has 2 aromatic rings. The Bertz CT molecular complexity index is 482. The lowest BCUT2D eigenvalue weighted by molar-refractivity contribution is 1.30. The lowest BCUT2D eigenvalue weighted by atomic mass is 10.1. The molecule has 15 heavy (non-hydrogen) atoms. The number of benzene rings is 1. The van der Waals surface area contributed by atoms with Crippen LogP contribution in [0.15, 0.2) is 28.1 Å². The molecule has 2 rings (SSSR count). The minimum atomic E-state index is 0.496. The quantitative estimate of drug-likeness (QED) is 0.740. The van der Waals surface area contributed by atoms with Gasteiger partial charge < -0.3 is 0 Å². The van der Waals surface area contributed by atoms with Crippen LogP contribution in [-0.4, -0.2) is 0 Å². The summed E-state index contributed by atoms with van der Waals surface area (Å²) in [7, 11) is 0. The molecule has 0 aliphatic rings. The molecule has 0 aliphatic heterocycles. The van der Waals surface area contributed by atoms with Crippen molar-refractivity contribution in [2.24, 2.45) is 0 Å². The van der Waals surface area contributed by atoms with E-state index in [-0.39, 0.29) is 0 Å². The summed E-state index contributed by atoms with van der Waals surface area (Å²) in [6, 6.07) is 8.34. The third-order valence-corrected chi connectivity index (χ3v) is 3.39. The van der Waals surface area contributed by atoms with Gasteiger partial charge in [0.15, 0.2) is 0 Å². The molecule has 78 valence electrons. The van der Waals surface area contributed by atoms with Crippen molar-refractivity contribution in [1.82, 2.24) is 0 Å². The highest BCUT2D eigenvalue weighted by Gasteiger charge is 2.03. The first kappa shape index (κ1) is 12.2. The molecule has 0 bridgehead atoms. The molecule has 0 N–H and O–H groups in total. The van der Waals surface area contributed by atoms with E-state index in [2.05, 4.69) is 39.5 Å². The van der Waals surface area contributed by atoms with Crippen LogP contribution in [0.3, 0.4) is 0 Å². The summed E-state index contributed by atoms with van der Waals surface area (Å²) >= 11 is 5.11. The zero-order chi connectivity index (χ0) is 11.3. The molecule has 1 heterocycles. The Labute approximate surface area is 102 Å². The average molecular weight is 282 g/mol. The van der Waals surface area contributed by atoms with E-state index in [9.17, 15) is 0 Å². The summed E-state index contributed by atoms with van der Waals surface area (Å²) in [4.78, 5) is 0. The second kappa shape index (κ2) is 5.89. The molecule has 0 unspecified atom stereocenters. The number of nitrogens with zero attached hydrogens (tertiary/aromatic N) is 1. The van der Waals surface area contributed by atoms with E-state index in [1.54, 1.807) is 11.3 Å². The van der Waals surface area contributed by atoms with Crippen LogP contribution in [0.25, 0.3) is 10.1 Å². The first-order valence-electron chi connectivity index (χ1n) is 4.84.